The highest BCUT2D eigenvalue weighted by Gasteiger charge is 2.41. The summed E-state index contributed by atoms with van der Waals surface area (Å²) in [4.78, 5) is -0.369. The number of aliphatic hydroxyl groups excluding tert-OH is 1. The fraction of sp³-hybridized carbons (Fsp3) is 0.571. The standard InChI is InChI=1S/C14H18FNO3S/c15-12-4-2-10(8-17)7-14(12)20(18,19)16-13-6-9-1-3-11(13)5-9/h2,4,7,9,11,13,16-17H,1,3,5-6,8H2. The molecule has 20 heavy (non-hydrogen) atoms. The second-order valence-electron chi connectivity index (χ2n) is 5.83. The van der Waals surface area contributed by atoms with Crippen LogP contribution in [0.1, 0.15) is 31.2 Å². The first kappa shape index (κ1) is 14.0. The van der Waals surface area contributed by atoms with Gasteiger partial charge in [-0.2, -0.15) is 0 Å². The SMILES string of the molecule is O=S(=O)(NC1CC2CCC1C2)c1cc(CO)ccc1F. The Morgan fingerprint density at radius 1 is 1.30 bits per heavy atom. The van der Waals surface area contributed by atoms with Gasteiger partial charge in [-0.25, -0.2) is 17.5 Å². The van der Waals surface area contributed by atoms with Gasteiger partial charge in [-0.3, -0.25) is 0 Å². The molecule has 3 rings (SSSR count). The molecule has 0 heterocycles. The predicted octanol–water partition coefficient (Wildman–Crippen LogP) is 1.78. The molecule has 1 aromatic carbocycles. The maximum absolute atomic E-state index is 13.8. The zero-order valence-electron chi connectivity index (χ0n) is 11.0. The average molecular weight is 299 g/mol. The molecule has 3 unspecified atom stereocenters. The van der Waals surface area contributed by atoms with E-state index in [-0.39, 0.29) is 17.5 Å². The van der Waals surface area contributed by atoms with E-state index in [9.17, 15) is 12.8 Å². The summed E-state index contributed by atoms with van der Waals surface area (Å²) in [5.41, 5.74) is 0.389. The van der Waals surface area contributed by atoms with E-state index in [0.717, 1.165) is 25.3 Å². The van der Waals surface area contributed by atoms with E-state index in [1.165, 1.54) is 18.6 Å². The molecule has 2 fully saturated rings. The van der Waals surface area contributed by atoms with Gasteiger partial charge < -0.3 is 5.11 Å². The summed E-state index contributed by atoms with van der Waals surface area (Å²) in [5, 5.41) is 9.05. The fourth-order valence-electron chi connectivity index (χ4n) is 3.50. The van der Waals surface area contributed by atoms with Gasteiger partial charge in [-0.1, -0.05) is 12.5 Å². The van der Waals surface area contributed by atoms with Crippen molar-refractivity contribution in [1.82, 2.24) is 4.72 Å². The lowest BCUT2D eigenvalue weighted by atomic mass is 9.96. The topological polar surface area (TPSA) is 66.4 Å². The lowest BCUT2D eigenvalue weighted by Gasteiger charge is -2.22. The normalized spacial score (nSPS) is 29.0. The number of halogens is 1. The van der Waals surface area contributed by atoms with E-state index in [2.05, 4.69) is 4.72 Å². The van der Waals surface area contributed by atoms with Gasteiger partial charge in [0.05, 0.1) is 6.61 Å². The summed E-state index contributed by atoms with van der Waals surface area (Å²) in [6.45, 7) is -0.309. The van der Waals surface area contributed by atoms with Crippen LogP contribution in [0.4, 0.5) is 4.39 Å². The van der Waals surface area contributed by atoms with Gasteiger partial charge in [0.1, 0.15) is 10.7 Å². The van der Waals surface area contributed by atoms with Gasteiger partial charge in [0.2, 0.25) is 10.0 Å². The Hall–Kier alpha value is -0.980. The Labute approximate surface area is 118 Å². The Balaban J connectivity index is 1.84. The first-order valence-corrected chi connectivity index (χ1v) is 8.39. The van der Waals surface area contributed by atoms with Crippen molar-refractivity contribution in [2.45, 2.75) is 43.2 Å². The third kappa shape index (κ3) is 2.47. The van der Waals surface area contributed by atoms with Gasteiger partial charge in [0.15, 0.2) is 0 Å². The van der Waals surface area contributed by atoms with Crippen LogP contribution in [-0.2, 0) is 16.6 Å². The highest BCUT2D eigenvalue weighted by Crippen LogP contribution is 2.44. The summed E-state index contributed by atoms with van der Waals surface area (Å²) < 4.78 is 41.0. The molecule has 2 saturated carbocycles. The van der Waals surface area contributed by atoms with Crippen LogP contribution in [0.2, 0.25) is 0 Å². The number of fused-ring (bicyclic) bond motifs is 2. The van der Waals surface area contributed by atoms with E-state index in [1.807, 2.05) is 0 Å². The summed E-state index contributed by atoms with van der Waals surface area (Å²) in [6.07, 6.45) is 4.16. The van der Waals surface area contributed by atoms with Crippen molar-refractivity contribution in [3.63, 3.8) is 0 Å². The van der Waals surface area contributed by atoms with Crippen molar-refractivity contribution >= 4 is 10.0 Å². The minimum atomic E-state index is -3.87. The number of hydrogen-bond donors (Lipinski definition) is 2. The van der Waals surface area contributed by atoms with Crippen LogP contribution in [-0.4, -0.2) is 19.6 Å². The number of benzene rings is 1. The molecule has 0 spiro atoms. The molecule has 6 heteroatoms. The van der Waals surface area contributed by atoms with Crippen molar-refractivity contribution in [3.8, 4) is 0 Å². The molecule has 2 N–H and O–H groups in total. The molecule has 2 aliphatic rings. The van der Waals surface area contributed by atoms with Crippen molar-refractivity contribution in [1.29, 1.82) is 0 Å². The fourth-order valence-corrected chi connectivity index (χ4v) is 4.95. The monoisotopic (exact) mass is 299 g/mol. The molecule has 0 aliphatic heterocycles. The maximum Gasteiger partial charge on any atom is 0.243 e. The molecule has 0 radical (unpaired) electrons. The van der Waals surface area contributed by atoms with Crippen LogP contribution in [0.15, 0.2) is 23.1 Å². The first-order chi connectivity index (χ1) is 9.49. The van der Waals surface area contributed by atoms with Gasteiger partial charge in [0, 0.05) is 6.04 Å². The summed E-state index contributed by atoms with van der Waals surface area (Å²) in [7, 11) is -3.87. The van der Waals surface area contributed by atoms with Gasteiger partial charge in [-0.15, -0.1) is 0 Å². The largest absolute Gasteiger partial charge is 0.392 e. The predicted molar refractivity (Wildman–Crippen MR) is 71.9 cm³/mol. The van der Waals surface area contributed by atoms with Gasteiger partial charge in [-0.05, 0) is 48.8 Å². The Bertz CT molecular complexity index is 617. The number of nitrogens with one attached hydrogen (secondary N) is 1. The molecule has 0 amide bonds. The minimum Gasteiger partial charge on any atom is -0.392 e. The summed E-state index contributed by atoms with van der Waals surface area (Å²) in [5.74, 6) is 0.220. The molecule has 4 nitrogen and oxygen atoms in total. The average Bonchev–Trinajstić information content (AvgIpc) is 3.01. The molecule has 2 bridgehead atoms. The second kappa shape index (κ2) is 5.09. The van der Waals surface area contributed by atoms with E-state index >= 15 is 0 Å². The summed E-state index contributed by atoms with van der Waals surface area (Å²) in [6, 6.07) is 3.59. The number of sulfonamides is 1. The molecular formula is C14H18FNO3S. The molecular weight excluding hydrogens is 281 g/mol. The molecule has 110 valence electrons. The molecule has 1 aromatic rings. The summed E-state index contributed by atoms with van der Waals surface area (Å²) >= 11 is 0. The lowest BCUT2D eigenvalue weighted by Crippen LogP contribution is -2.38. The van der Waals surface area contributed by atoms with Gasteiger partial charge >= 0.3 is 0 Å². The van der Waals surface area contributed by atoms with Crippen molar-refractivity contribution in [3.05, 3.63) is 29.6 Å². The molecule has 2 aliphatic carbocycles. The molecule has 0 saturated heterocycles. The zero-order valence-corrected chi connectivity index (χ0v) is 11.9. The highest BCUT2D eigenvalue weighted by molar-refractivity contribution is 7.89. The van der Waals surface area contributed by atoms with Crippen LogP contribution in [0.3, 0.4) is 0 Å². The van der Waals surface area contributed by atoms with Crippen molar-refractivity contribution < 1.29 is 17.9 Å². The maximum atomic E-state index is 13.8. The van der Waals surface area contributed by atoms with Crippen LogP contribution in [0, 0.1) is 17.7 Å². The lowest BCUT2D eigenvalue weighted by molar-refractivity contribution is 0.281. The van der Waals surface area contributed by atoms with E-state index < -0.39 is 15.8 Å². The van der Waals surface area contributed by atoms with Crippen molar-refractivity contribution in [2.24, 2.45) is 11.8 Å². The minimum absolute atomic E-state index is 0.0732. The Morgan fingerprint density at radius 3 is 2.70 bits per heavy atom. The number of rotatable bonds is 4. The van der Waals surface area contributed by atoms with E-state index in [0.29, 0.717) is 17.4 Å². The van der Waals surface area contributed by atoms with Crippen LogP contribution < -0.4 is 4.72 Å². The van der Waals surface area contributed by atoms with Crippen molar-refractivity contribution in [2.75, 3.05) is 0 Å². The second-order valence-corrected chi connectivity index (χ2v) is 7.51. The number of hydrogen-bond acceptors (Lipinski definition) is 3. The number of aliphatic hydroxyl groups is 1. The zero-order chi connectivity index (χ0) is 14.3. The third-order valence-electron chi connectivity index (χ3n) is 4.51. The van der Waals surface area contributed by atoms with Crippen LogP contribution in [0.5, 0.6) is 0 Å². The first-order valence-electron chi connectivity index (χ1n) is 6.91. The Morgan fingerprint density at radius 2 is 2.10 bits per heavy atom. The quantitative estimate of drug-likeness (QED) is 0.890. The third-order valence-corrected chi connectivity index (χ3v) is 6.02. The van der Waals surface area contributed by atoms with Crippen LogP contribution >= 0.6 is 0 Å². The molecule has 0 aromatic heterocycles. The van der Waals surface area contributed by atoms with E-state index in [4.69, 9.17) is 5.11 Å². The van der Waals surface area contributed by atoms with E-state index in [1.54, 1.807) is 0 Å². The smallest absolute Gasteiger partial charge is 0.243 e. The molecule has 3 atom stereocenters. The Kier molecular flexibility index (Phi) is 3.56. The highest BCUT2D eigenvalue weighted by atomic mass is 32.2. The van der Waals surface area contributed by atoms with Crippen LogP contribution in [0.25, 0.3) is 0 Å². The van der Waals surface area contributed by atoms with Gasteiger partial charge in [0.25, 0.3) is 0 Å².